The van der Waals surface area contributed by atoms with E-state index >= 15 is 0 Å². The number of aliphatic hydroxyl groups excluding tert-OH is 1. The van der Waals surface area contributed by atoms with Gasteiger partial charge in [-0.15, -0.1) is 0 Å². The van der Waals surface area contributed by atoms with Crippen molar-refractivity contribution in [3.05, 3.63) is 26.6 Å². The van der Waals surface area contributed by atoms with Gasteiger partial charge in [-0.3, -0.25) is 4.99 Å². The summed E-state index contributed by atoms with van der Waals surface area (Å²) in [5.74, 6) is 0. The van der Waals surface area contributed by atoms with Crippen molar-refractivity contribution in [2.45, 2.75) is 37.8 Å². The van der Waals surface area contributed by atoms with Crippen LogP contribution in [-0.2, 0) is 0 Å². The van der Waals surface area contributed by atoms with Crippen LogP contribution in [0.15, 0.2) is 26.1 Å². The van der Waals surface area contributed by atoms with Crippen LogP contribution in [0.2, 0.25) is 0 Å². The number of nitrogens with two attached hydrogens (primary N) is 1. The van der Waals surface area contributed by atoms with E-state index in [-0.39, 0.29) is 6.10 Å². The number of aliphatic hydroxyl groups is 1. The smallest absolute Gasteiger partial charge is 0.0548 e. The number of hydrogen-bond acceptors (Lipinski definition) is 3. The van der Waals surface area contributed by atoms with E-state index in [0.29, 0.717) is 11.7 Å². The van der Waals surface area contributed by atoms with Crippen LogP contribution in [0.3, 0.4) is 0 Å². The zero-order valence-electron chi connectivity index (χ0n) is 9.94. The molecule has 0 unspecified atom stereocenters. The lowest BCUT2D eigenvalue weighted by Gasteiger charge is -2.22. The van der Waals surface area contributed by atoms with E-state index in [9.17, 15) is 5.11 Å². The van der Waals surface area contributed by atoms with Crippen LogP contribution in [0.25, 0.3) is 0 Å². The highest BCUT2D eigenvalue weighted by Gasteiger charge is 2.18. The van der Waals surface area contributed by atoms with Gasteiger partial charge in [0.1, 0.15) is 0 Å². The van der Waals surface area contributed by atoms with E-state index in [4.69, 9.17) is 5.73 Å². The second-order valence-electron chi connectivity index (χ2n) is 4.63. The third-order valence-electron chi connectivity index (χ3n) is 3.22. The Morgan fingerprint density at radius 3 is 2.56 bits per heavy atom. The Morgan fingerprint density at radius 2 is 1.89 bits per heavy atom. The molecular formula is C13H16Br2N2O. The van der Waals surface area contributed by atoms with Crippen molar-refractivity contribution in [1.82, 2.24) is 0 Å². The molecule has 98 valence electrons. The normalized spacial score (nSPS) is 24.6. The third kappa shape index (κ3) is 3.56. The Morgan fingerprint density at radius 1 is 1.22 bits per heavy atom. The molecule has 0 aliphatic heterocycles. The maximum atomic E-state index is 9.44. The van der Waals surface area contributed by atoms with Crippen LogP contribution in [0.1, 0.15) is 31.2 Å². The Kier molecular flexibility index (Phi) is 4.81. The van der Waals surface area contributed by atoms with Gasteiger partial charge in [-0.05, 0) is 53.7 Å². The van der Waals surface area contributed by atoms with Crippen LogP contribution >= 0.6 is 31.9 Å². The van der Waals surface area contributed by atoms with Gasteiger partial charge in [-0.1, -0.05) is 15.9 Å². The van der Waals surface area contributed by atoms with Gasteiger partial charge >= 0.3 is 0 Å². The molecule has 0 amide bonds. The molecule has 1 aliphatic rings. The van der Waals surface area contributed by atoms with Gasteiger partial charge in [0.2, 0.25) is 0 Å². The molecule has 1 fully saturated rings. The number of anilines is 1. The molecule has 1 saturated carbocycles. The molecule has 5 heteroatoms. The highest BCUT2D eigenvalue weighted by molar-refractivity contribution is 9.11. The van der Waals surface area contributed by atoms with Gasteiger partial charge in [0.15, 0.2) is 0 Å². The first kappa shape index (κ1) is 14.0. The van der Waals surface area contributed by atoms with Crippen molar-refractivity contribution in [1.29, 1.82) is 0 Å². The fourth-order valence-electron chi connectivity index (χ4n) is 2.10. The van der Waals surface area contributed by atoms with Crippen LogP contribution in [0.5, 0.6) is 0 Å². The van der Waals surface area contributed by atoms with Crippen molar-refractivity contribution >= 4 is 43.8 Å². The molecule has 1 aromatic rings. The molecule has 18 heavy (non-hydrogen) atoms. The lowest BCUT2D eigenvalue weighted by molar-refractivity contribution is 0.123. The van der Waals surface area contributed by atoms with E-state index in [1.165, 1.54) is 0 Å². The fourth-order valence-corrected chi connectivity index (χ4v) is 3.36. The standard InChI is InChI=1S/C13H16Br2N2O/c14-9-5-8(13(16)12(15)6-9)7-17-10-1-3-11(18)4-2-10/h5-7,10-11,18H,1-4,16H2/t10-,11-. The van der Waals surface area contributed by atoms with E-state index in [1.807, 2.05) is 18.3 Å². The molecule has 0 spiro atoms. The van der Waals surface area contributed by atoms with Crippen LogP contribution < -0.4 is 5.73 Å². The van der Waals surface area contributed by atoms with Crippen molar-refractivity contribution in [3.8, 4) is 0 Å². The zero-order chi connectivity index (χ0) is 13.1. The number of benzene rings is 1. The molecule has 0 atom stereocenters. The van der Waals surface area contributed by atoms with E-state index in [1.54, 1.807) is 0 Å². The van der Waals surface area contributed by atoms with Gasteiger partial charge in [0.05, 0.1) is 17.8 Å². The summed E-state index contributed by atoms with van der Waals surface area (Å²) in [5, 5.41) is 9.44. The minimum Gasteiger partial charge on any atom is -0.397 e. The molecule has 3 N–H and O–H groups in total. The van der Waals surface area contributed by atoms with E-state index in [0.717, 1.165) is 40.2 Å². The molecule has 1 aromatic carbocycles. The van der Waals surface area contributed by atoms with Crippen molar-refractivity contribution in [2.75, 3.05) is 5.73 Å². The monoisotopic (exact) mass is 374 g/mol. The molecule has 0 radical (unpaired) electrons. The van der Waals surface area contributed by atoms with Gasteiger partial charge in [-0.2, -0.15) is 0 Å². The molecule has 3 nitrogen and oxygen atoms in total. The lowest BCUT2D eigenvalue weighted by Crippen LogP contribution is -2.20. The molecule has 1 aliphatic carbocycles. The molecule has 0 heterocycles. The molecule has 0 saturated heterocycles. The maximum Gasteiger partial charge on any atom is 0.0548 e. The summed E-state index contributed by atoms with van der Waals surface area (Å²) in [5.41, 5.74) is 7.62. The summed E-state index contributed by atoms with van der Waals surface area (Å²) in [7, 11) is 0. The van der Waals surface area contributed by atoms with Crippen LogP contribution in [-0.4, -0.2) is 23.5 Å². The lowest BCUT2D eigenvalue weighted by atomic mass is 9.93. The molecule has 2 rings (SSSR count). The number of nitrogen functional groups attached to an aromatic ring is 1. The van der Waals surface area contributed by atoms with E-state index in [2.05, 4.69) is 36.9 Å². The van der Waals surface area contributed by atoms with Crippen LogP contribution in [0, 0.1) is 0 Å². The largest absolute Gasteiger partial charge is 0.397 e. The summed E-state index contributed by atoms with van der Waals surface area (Å²) >= 11 is 6.86. The average Bonchev–Trinajstić information content (AvgIpc) is 2.34. The topological polar surface area (TPSA) is 58.6 Å². The predicted molar refractivity (Wildman–Crippen MR) is 82.1 cm³/mol. The van der Waals surface area contributed by atoms with Gasteiger partial charge in [0.25, 0.3) is 0 Å². The van der Waals surface area contributed by atoms with Crippen molar-refractivity contribution < 1.29 is 5.11 Å². The minimum atomic E-state index is -0.137. The SMILES string of the molecule is Nc1c(Br)cc(Br)cc1C=N[C@H]1CC[C@H](O)CC1. The number of aliphatic imine (C=N–C) groups is 1. The summed E-state index contributed by atoms with van der Waals surface area (Å²) in [4.78, 5) is 4.57. The summed E-state index contributed by atoms with van der Waals surface area (Å²) in [6.07, 6.45) is 5.30. The maximum absolute atomic E-state index is 9.44. The second-order valence-corrected chi connectivity index (χ2v) is 6.40. The summed E-state index contributed by atoms with van der Waals surface area (Å²) in [6.45, 7) is 0. The molecule has 0 aromatic heterocycles. The van der Waals surface area contributed by atoms with Gasteiger partial charge in [-0.25, -0.2) is 0 Å². The van der Waals surface area contributed by atoms with Crippen molar-refractivity contribution in [3.63, 3.8) is 0 Å². The summed E-state index contributed by atoms with van der Waals surface area (Å²) < 4.78 is 1.85. The second kappa shape index (κ2) is 6.17. The molecule has 0 bridgehead atoms. The fraction of sp³-hybridized carbons (Fsp3) is 0.462. The van der Waals surface area contributed by atoms with Gasteiger partial charge in [0, 0.05) is 20.7 Å². The third-order valence-corrected chi connectivity index (χ3v) is 4.33. The van der Waals surface area contributed by atoms with Crippen LogP contribution in [0.4, 0.5) is 5.69 Å². The predicted octanol–water partition coefficient (Wildman–Crippen LogP) is 3.52. The first-order valence-electron chi connectivity index (χ1n) is 6.02. The number of rotatable bonds is 2. The highest BCUT2D eigenvalue weighted by atomic mass is 79.9. The first-order chi connectivity index (χ1) is 8.56. The van der Waals surface area contributed by atoms with Crippen molar-refractivity contribution in [2.24, 2.45) is 4.99 Å². The minimum absolute atomic E-state index is 0.137. The first-order valence-corrected chi connectivity index (χ1v) is 7.60. The Bertz CT molecular complexity index is 455. The number of hydrogen-bond donors (Lipinski definition) is 2. The summed E-state index contributed by atoms with van der Waals surface area (Å²) in [6, 6.07) is 4.19. The Balaban J connectivity index is 2.09. The van der Waals surface area contributed by atoms with E-state index < -0.39 is 0 Å². The average molecular weight is 376 g/mol. The number of halogens is 2. The number of nitrogens with zero attached hydrogens (tertiary/aromatic N) is 1. The highest BCUT2D eigenvalue weighted by Crippen LogP contribution is 2.28. The Hall–Kier alpha value is -0.390. The quantitative estimate of drug-likeness (QED) is 0.613. The molecular weight excluding hydrogens is 360 g/mol. The zero-order valence-corrected chi connectivity index (χ0v) is 13.1. The Labute approximate surface area is 124 Å². The van der Waals surface area contributed by atoms with Gasteiger partial charge < -0.3 is 10.8 Å².